The molecule has 1 heteroatoms. The molecule has 0 nitrogen and oxygen atoms in total. The molecule has 0 amide bonds. The number of rotatable bonds is 0. The van der Waals surface area contributed by atoms with Crippen LogP contribution in [-0.4, -0.2) is 23.1 Å². The molecule has 0 radical (unpaired) electrons. The first kappa shape index (κ1) is 12.5. The van der Waals surface area contributed by atoms with E-state index in [2.05, 4.69) is 38.1 Å². The van der Waals surface area contributed by atoms with E-state index in [-0.39, 0.29) is 23.1 Å². The van der Waals surface area contributed by atoms with Gasteiger partial charge < -0.3 is 0 Å². The van der Waals surface area contributed by atoms with Crippen molar-refractivity contribution in [2.24, 2.45) is 0 Å². The molecular weight excluding hydrogens is 168 g/mol. The second-order valence-electron chi connectivity index (χ2n) is 2.92. The van der Waals surface area contributed by atoms with Crippen molar-refractivity contribution in [3.63, 3.8) is 0 Å². The third-order valence-corrected chi connectivity index (χ3v) is 1.66. The zero-order chi connectivity index (χ0) is 8.81. The van der Waals surface area contributed by atoms with E-state index in [1.807, 2.05) is 24.3 Å². The Hall–Kier alpha value is -0.534. The summed E-state index contributed by atoms with van der Waals surface area (Å²) in [5, 5.41) is 0. The minimum Gasteiger partial charge on any atom is -0.211 e. The second kappa shape index (κ2) is 6.93. The summed E-state index contributed by atoms with van der Waals surface area (Å²) >= 11 is 0. The molecule has 2 rings (SSSR count). The van der Waals surface area contributed by atoms with Crippen molar-refractivity contribution in [1.82, 2.24) is 0 Å². The molecule has 0 bridgehead atoms. The summed E-state index contributed by atoms with van der Waals surface area (Å²) in [6, 6.07) is 16.5. The van der Waals surface area contributed by atoms with Gasteiger partial charge >= 0.3 is 23.1 Å². The van der Waals surface area contributed by atoms with Gasteiger partial charge in [-0.25, -0.2) is 23.3 Å². The molecule has 64 valence electrons. The molecular formula is C12H14Mg. The summed E-state index contributed by atoms with van der Waals surface area (Å²) in [6.45, 7) is 4.17. The molecule has 0 saturated heterocycles. The summed E-state index contributed by atoms with van der Waals surface area (Å²) in [5.41, 5.74) is 2.69. The fourth-order valence-corrected chi connectivity index (χ4v) is 0.940. The first-order valence-electron chi connectivity index (χ1n) is 4.15. The van der Waals surface area contributed by atoms with Crippen molar-refractivity contribution in [2.45, 2.75) is 13.8 Å². The Morgan fingerprint density at radius 3 is 1.31 bits per heavy atom. The molecule has 0 aliphatic heterocycles. The van der Waals surface area contributed by atoms with Gasteiger partial charge in [0, 0.05) is 0 Å². The summed E-state index contributed by atoms with van der Waals surface area (Å²) in [7, 11) is 0. The first-order chi connectivity index (χ1) is 5.79. The van der Waals surface area contributed by atoms with Crippen LogP contribution in [0, 0.1) is 13.8 Å². The zero-order valence-corrected chi connectivity index (χ0v) is 9.74. The second-order valence-corrected chi connectivity index (χ2v) is 2.92. The summed E-state index contributed by atoms with van der Waals surface area (Å²) in [5.74, 6) is 0. The Kier molecular flexibility index (Phi) is 6.64. The quantitative estimate of drug-likeness (QED) is 0.434. The SMILES string of the molecule is Cc1cc[cH-]c1.Cc1cc[cH-]c1.[Mg+2]. The van der Waals surface area contributed by atoms with Crippen LogP contribution in [0.15, 0.2) is 48.5 Å². The van der Waals surface area contributed by atoms with E-state index in [1.54, 1.807) is 0 Å². The van der Waals surface area contributed by atoms with E-state index in [9.17, 15) is 0 Å². The van der Waals surface area contributed by atoms with Gasteiger partial charge in [0.15, 0.2) is 0 Å². The van der Waals surface area contributed by atoms with Crippen molar-refractivity contribution in [3.05, 3.63) is 59.7 Å². The predicted octanol–water partition coefficient (Wildman–Crippen LogP) is 3.05. The standard InChI is InChI=1S/2C6H7.Mg/c2*1-6-4-2-3-5-6;/h2*2-5H,1H3;/q2*-1;+2. The third-order valence-electron chi connectivity index (χ3n) is 1.66. The van der Waals surface area contributed by atoms with Crippen LogP contribution in [0.25, 0.3) is 0 Å². The predicted molar refractivity (Wildman–Crippen MR) is 59.3 cm³/mol. The Bertz CT molecular complexity index is 245. The fraction of sp³-hybridized carbons (Fsp3) is 0.167. The number of hydrogen-bond donors (Lipinski definition) is 0. The topological polar surface area (TPSA) is 0 Å². The molecule has 0 fully saturated rings. The van der Waals surface area contributed by atoms with Gasteiger partial charge in [-0.2, -0.15) is 36.4 Å². The van der Waals surface area contributed by atoms with Gasteiger partial charge in [-0.1, -0.05) is 13.8 Å². The largest absolute Gasteiger partial charge is 2.00 e. The molecule has 2 aromatic carbocycles. The van der Waals surface area contributed by atoms with Gasteiger partial charge in [-0.3, -0.25) is 0 Å². The zero-order valence-electron chi connectivity index (χ0n) is 8.33. The maximum absolute atomic E-state index is 2.08. The number of hydrogen-bond acceptors (Lipinski definition) is 0. The minimum absolute atomic E-state index is 0. The van der Waals surface area contributed by atoms with Crippen molar-refractivity contribution in [2.75, 3.05) is 0 Å². The van der Waals surface area contributed by atoms with Gasteiger partial charge in [0.05, 0.1) is 0 Å². The third kappa shape index (κ3) is 5.67. The fourth-order valence-electron chi connectivity index (χ4n) is 0.940. The van der Waals surface area contributed by atoms with Crippen molar-refractivity contribution >= 4 is 23.1 Å². The van der Waals surface area contributed by atoms with E-state index in [4.69, 9.17) is 0 Å². The number of aryl methyl sites for hydroxylation is 2. The molecule has 0 aliphatic carbocycles. The van der Waals surface area contributed by atoms with Crippen LogP contribution >= 0.6 is 0 Å². The molecule has 0 aliphatic rings. The molecule has 0 aromatic heterocycles. The Morgan fingerprint density at radius 2 is 1.23 bits per heavy atom. The van der Waals surface area contributed by atoms with Crippen molar-refractivity contribution < 1.29 is 0 Å². The smallest absolute Gasteiger partial charge is 0.211 e. The Labute approximate surface area is 96.5 Å². The summed E-state index contributed by atoms with van der Waals surface area (Å²) in [6.07, 6.45) is 0. The molecule has 0 saturated carbocycles. The van der Waals surface area contributed by atoms with Gasteiger partial charge in [-0.05, 0) is 0 Å². The van der Waals surface area contributed by atoms with Gasteiger partial charge in [-0.15, -0.1) is 0 Å². The molecule has 0 unspecified atom stereocenters. The maximum atomic E-state index is 2.08. The Morgan fingerprint density at radius 1 is 0.846 bits per heavy atom. The van der Waals surface area contributed by atoms with E-state index in [1.165, 1.54) is 11.1 Å². The first-order valence-corrected chi connectivity index (χ1v) is 4.15. The van der Waals surface area contributed by atoms with Crippen LogP contribution in [0.2, 0.25) is 0 Å². The molecule has 13 heavy (non-hydrogen) atoms. The maximum Gasteiger partial charge on any atom is 2.00 e. The van der Waals surface area contributed by atoms with Gasteiger partial charge in [0.2, 0.25) is 0 Å². The summed E-state index contributed by atoms with van der Waals surface area (Å²) in [4.78, 5) is 0. The molecule has 0 spiro atoms. The van der Waals surface area contributed by atoms with Crippen LogP contribution in [0.4, 0.5) is 0 Å². The van der Waals surface area contributed by atoms with Crippen LogP contribution in [0.5, 0.6) is 0 Å². The van der Waals surface area contributed by atoms with E-state index >= 15 is 0 Å². The molecule has 0 N–H and O–H groups in total. The Balaban J connectivity index is 0.000000206. The summed E-state index contributed by atoms with van der Waals surface area (Å²) < 4.78 is 0. The molecule has 2 aromatic rings. The minimum atomic E-state index is 0. The average Bonchev–Trinajstić information content (AvgIpc) is 2.63. The molecule has 0 atom stereocenters. The van der Waals surface area contributed by atoms with Crippen LogP contribution in [0.1, 0.15) is 11.1 Å². The van der Waals surface area contributed by atoms with E-state index < -0.39 is 0 Å². The van der Waals surface area contributed by atoms with E-state index in [0.717, 1.165) is 0 Å². The van der Waals surface area contributed by atoms with Crippen LogP contribution in [-0.2, 0) is 0 Å². The van der Waals surface area contributed by atoms with Crippen LogP contribution < -0.4 is 0 Å². The van der Waals surface area contributed by atoms with Crippen molar-refractivity contribution in [3.8, 4) is 0 Å². The van der Waals surface area contributed by atoms with Crippen molar-refractivity contribution in [1.29, 1.82) is 0 Å². The van der Waals surface area contributed by atoms with Gasteiger partial charge in [0.25, 0.3) is 0 Å². The van der Waals surface area contributed by atoms with Crippen LogP contribution in [0.3, 0.4) is 0 Å². The van der Waals surface area contributed by atoms with Gasteiger partial charge in [0.1, 0.15) is 0 Å². The normalized spacial score (nSPS) is 8.15. The average molecular weight is 183 g/mol. The molecule has 0 heterocycles. The monoisotopic (exact) mass is 182 g/mol. The van der Waals surface area contributed by atoms with E-state index in [0.29, 0.717) is 0 Å².